The third-order valence-corrected chi connectivity index (χ3v) is 4.12. The van der Waals surface area contributed by atoms with Gasteiger partial charge in [-0.15, -0.1) is 11.8 Å². The molecule has 1 aromatic rings. The molecule has 106 valence electrons. The Morgan fingerprint density at radius 3 is 2.75 bits per heavy atom. The number of Topliss-reactive ketones (excluding diaryl/α,β-unsaturated/α-hetero) is 1. The molecule has 0 aliphatic heterocycles. The van der Waals surface area contributed by atoms with Crippen LogP contribution in [0.15, 0.2) is 11.0 Å². The first-order valence-electron chi connectivity index (χ1n) is 6.06. The molecule has 1 aromatic heterocycles. The molecule has 0 unspecified atom stereocenters. The lowest BCUT2D eigenvalue weighted by Gasteiger charge is -2.12. The zero-order valence-electron chi connectivity index (χ0n) is 11.4. The minimum atomic E-state index is -0.713. The van der Waals surface area contributed by atoms with Gasteiger partial charge in [0.15, 0.2) is 5.69 Å². The number of fused-ring (bicyclic) bond motifs is 1. The minimum Gasteiger partial charge on any atom is -0.464 e. The Labute approximate surface area is 120 Å². The molecule has 0 saturated heterocycles. The first-order chi connectivity index (χ1) is 9.45. The largest absolute Gasteiger partial charge is 0.464 e. The Balaban J connectivity index is 2.38. The van der Waals surface area contributed by atoms with E-state index in [0.717, 1.165) is 0 Å². The smallest absolute Gasteiger partial charge is 0.356 e. The number of thioether (sulfide) groups is 1. The van der Waals surface area contributed by atoms with E-state index in [-0.39, 0.29) is 28.5 Å². The zero-order valence-corrected chi connectivity index (χ0v) is 12.2. The summed E-state index contributed by atoms with van der Waals surface area (Å²) in [6, 6.07) is 0. The lowest BCUT2D eigenvalue weighted by molar-refractivity contribution is 0.0591. The predicted octanol–water partition coefficient (Wildman–Crippen LogP) is 1.85. The minimum absolute atomic E-state index is 0.00982. The highest BCUT2D eigenvalue weighted by atomic mass is 32.2. The van der Waals surface area contributed by atoms with Crippen molar-refractivity contribution in [2.75, 3.05) is 12.9 Å². The van der Waals surface area contributed by atoms with E-state index in [1.54, 1.807) is 0 Å². The van der Waals surface area contributed by atoms with E-state index < -0.39 is 5.97 Å². The van der Waals surface area contributed by atoms with Crippen LogP contribution in [-0.4, -0.2) is 40.6 Å². The summed E-state index contributed by atoms with van der Waals surface area (Å²) in [5, 5.41) is 6.14. The van der Waals surface area contributed by atoms with Gasteiger partial charge in [0.25, 0.3) is 0 Å². The number of carbonyl (C=O) groups is 3. The van der Waals surface area contributed by atoms with Crippen LogP contribution in [-0.2, 0) is 4.74 Å². The second-order valence-corrected chi connectivity index (χ2v) is 5.78. The maximum absolute atomic E-state index is 12.4. The number of nitrogens with zero attached hydrogens (tertiary/aromatic N) is 1. The average Bonchev–Trinajstić information content (AvgIpc) is 2.85. The van der Waals surface area contributed by atoms with Gasteiger partial charge in [0.05, 0.1) is 17.6 Å². The topological polar surface area (TPSA) is 89.1 Å². The number of hydrogen-bond donors (Lipinski definition) is 1. The van der Waals surface area contributed by atoms with Crippen molar-refractivity contribution >= 4 is 29.3 Å². The highest BCUT2D eigenvalue weighted by Crippen LogP contribution is 2.30. The predicted molar refractivity (Wildman–Crippen MR) is 74.0 cm³/mol. The van der Waals surface area contributed by atoms with E-state index >= 15 is 0 Å². The maximum Gasteiger partial charge on any atom is 0.356 e. The number of rotatable bonds is 4. The van der Waals surface area contributed by atoms with Crippen LogP contribution in [0.3, 0.4) is 0 Å². The number of aromatic nitrogens is 2. The van der Waals surface area contributed by atoms with Gasteiger partial charge >= 0.3 is 5.97 Å². The molecule has 1 aliphatic carbocycles. The molecule has 0 aromatic carbocycles. The van der Waals surface area contributed by atoms with Gasteiger partial charge in [0.2, 0.25) is 11.6 Å². The number of ether oxygens (including phenoxy) is 1. The summed E-state index contributed by atoms with van der Waals surface area (Å²) in [4.78, 5) is 36.2. The standard InChI is InChI=1S/C13H14N2O4S/c1-6(2)5-20-8-4-7(16)10-9(12(8)17)11(15-14-10)13(18)19-3/h4,6H,5H2,1-3H3,(H,14,15). The molecule has 1 aliphatic rings. The number of H-pyrrole nitrogens is 1. The molecule has 2 rings (SSSR count). The van der Waals surface area contributed by atoms with E-state index in [4.69, 9.17) is 0 Å². The van der Waals surface area contributed by atoms with Crippen LogP contribution in [0.5, 0.6) is 0 Å². The number of allylic oxidation sites excluding steroid dienone is 2. The molecule has 0 fully saturated rings. The molecule has 0 radical (unpaired) electrons. The number of aromatic amines is 1. The first-order valence-corrected chi connectivity index (χ1v) is 7.04. The molecule has 0 bridgehead atoms. The van der Waals surface area contributed by atoms with Crippen molar-refractivity contribution in [1.82, 2.24) is 10.2 Å². The van der Waals surface area contributed by atoms with Crippen molar-refractivity contribution in [1.29, 1.82) is 0 Å². The van der Waals surface area contributed by atoms with Crippen molar-refractivity contribution in [2.45, 2.75) is 13.8 Å². The Kier molecular flexibility index (Phi) is 4.08. The number of nitrogens with one attached hydrogen (secondary N) is 1. The molecular formula is C13H14N2O4S. The fraction of sp³-hybridized carbons (Fsp3) is 0.385. The van der Waals surface area contributed by atoms with Crippen LogP contribution < -0.4 is 0 Å². The second-order valence-electron chi connectivity index (χ2n) is 4.72. The van der Waals surface area contributed by atoms with Gasteiger partial charge in [-0.05, 0) is 5.92 Å². The molecule has 1 N–H and O–H groups in total. The number of esters is 1. The van der Waals surface area contributed by atoms with Gasteiger partial charge < -0.3 is 4.74 Å². The monoisotopic (exact) mass is 294 g/mol. The first kappa shape index (κ1) is 14.5. The highest BCUT2D eigenvalue weighted by Gasteiger charge is 2.34. The summed E-state index contributed by atoms with van der Waals surface area (Å²) in [6.45, 7) is 4.04. The second kappa shape index (κ2) is 5.62. The fourth-order valence-corrected chi connectivity index (χ4v) is 2.67. The number of hydrogen-bond acceptors (Lipinski definition) is 6. The highest BCUT2D eigenvalue weighted by molar-refractivity contribution is 8.04. The molecule has 0 saturated carbocycles. The van der Waals surface area contributed by atoms with Gasteiger partial charge in [-0.1, -0.05) is 13.8 Å². The molecule has 20 heavy (non-hydrogen) atoms. The average molecular weight is 294 g/mol. The summed E-state index contributed by atoms with van der Waals surface area (Å²) in [6.07, 6.45) is 1.28. The van der Waals surface area contributed by atoms with Crippen LogP contribution in [0.2, 0.25) is 0 Å². The van der Waals surface area contributed by atoms with Crippen LogP contribution in [0.25, 0.3) is 0 Å². The van der Waals surface area contributed by atoms with Gasteiger partial charge in [-0.2, -0.15) is 5.10 Å². The Morgan fingerprint density at radius 2 is 2.15 bits per heavy atom. The third-order valence-electron chi connectivity index (χ3n) is 2.67. The maximum atomic E-state index is 12.4. The summed E-state index contributed by atoms with van der Waals surface area (Å²) in [7, 11) is 1.20. The summed E-state index contributed by atoms with van der Waals surface area (Å²) in [5.41, 5.74) is -0.0866. The van der Waals surface area contributed by atoms with E-state index in [1.165, 1.54) is 24.9 Å². The third kappa shape index (κ3) is 2.53. The lowest BCUT2D eigenvalue weighted by Crippen LogP contribution is -2.18. The lowest BCUT2D eigenvalue weighted by atomic mass is 9.99. The molecule has 7 heteroatoms. The van der Waals surface area contributed by atoms with Crippen molar-refractivity contribution in [2.24, 2.45) is 5.92 Å². The van der Waals surface area contributed by atoms with Crippen molar-refractivity contribution in [3.63, 3.8) is 0 Å². The molecule has 1 heterocycles. The quantitative estimate of drug-likeness (QED) is 0.852. The Bertz CT molecular complexity index is 616. The van der Waals surface area contributed by atoms with Crippen LogP contribution in [0.1, 0.15) is 45.2 Å². The van der Waals surface area contributed by atoms with E-state index in [9.17, 15) is 14.4 Å². The van der Waals surface area contributed by atoms with Crippen LogP contribution in [0.4, 0.5) is 0 Å². The van der Waals surface area contributed by atoms with E-state index in [0.29, 0.717) is 16.6 Å². The summed E-state index contributed by atoms with van der Waals surface area (Å²) < 4.78 is 4.58. The van der Waals surface area contributed by atoms with Gasteiger partial charge in [-0.3, -0.25) is 14.7 Å². The van der Waals surface area contributed by atoms with E-state index in [1.807, 2.05) is 13.8 Å². The van der Waals surface area contributed by atoms with Crippen molar-refractivity contribution in [3.8, 4) is 0 Å². The Hall–Kier alpha value is -1.89. The molecule has 6 nitrogen and oxygen atoms in total. The molecule has 0 spiro atoms. The summed E-state index contributed by atoms with van der Waals surface area (Å²) >= 11 is 1.31. The van der Waals surface area contributed by atoms with Gasteiger partial charge in [0, 0.05) is 11.8 Å². The fourth-order valence-electron chi connectivity index (χ4n) is 1.73. The number of methoxy groups -OCH3 is 1. The molecular weight excluding hydrogens is 280 g/mol. The normalized spacial score (nSPS) is 14.3. The van der Waals surface area contributed by atoms with Crippen molar-refractivity contribution < 1.29 is 19.1 Å². The molecule has 0 atom stereocenters. The number of ketones is 2. The van der Waals surface area contributed by atoms with Gasteiger partial charge in [-0.25, -0.2) is 4.79 Å². The Morgan fingerprint density at radius 1 is 1.45 bits per heavy atom. The SMILES string of the molecule is COC(=O)c1[nH]nc2c1C(=O)C(SCC(C)C)=CC2=O. The number of carbonyl (C=O) groups excluding carboxylic acids is 3. The van der Waals surface area contributed by atoms with Gasteiger partial charge in [0.1, 0.15) is 5.69 Å². The van der Waals surface area contributed by atoms with Crippen molar-refractivity contribution in [3.05, 3.63) is 27.9 Å². The zero-order chi connectivity index (χ0) is 14.9. The van der Waals surface area contributed by atoms with Crippen LogP contribution >= 0.6 is 11.8 Å². The van der Waals surface area contributed by atoms with E-state index in [2.05, 4.69) is 14.9 Å². The summed E-state index contributed by atoms with van der Waals surface area (Å²) in [5.74, 6) is -0.354. The molecule has 0 amide bonds. The van der Waals surface area contributed by atoms with Crippen LogP contribution in [0, 0.1) is 5.92 Å².